The van der Waals surface area contributed by atoms with Crippen LogP contribution in [-0.2, 0) is 14.3 Å². The smallest absolute Gasteiger partial charge is 0.378 e. The van der Waals surface area contributed by atoms with E-state index in [0.29, 0.717) is 5.76 Å². The lowest BCUT2D eigenvalue weighted by Crippen LogP contribution is -2.21. The van der Waals surface area contributed by atoms with E-state index in [9.17, 15) is 4.79 Å². The van der Waals surface area contributed by atoms with Crippen molar-refractivity contribution in [2.45, 2.75) is 13.0 Å². The van der Waals surface area contributed by atoms with Gasteiger partial charge < -0.3 is 19.7 Å². The molecular weight excluding hydrogens is 188 g/mol. The number of aliphatic hydroxyl groups is 2. The number of carbonyl (C=O) groups excluding carboxylic acids is 1. The molecule has 0 aliphatic carbocycles. The molecule has 0 saturated carbocycles. The van der Waals surface area contributed by atoms with Crippen LogP contribution in [0.25, 0.3) is 0 Å². The molecule has 5 nitrogen and oxygen atoms in total. The van der Waals surface area contributed by atoms with Crippen LogP contribution in [0, 0.1) is 0 Å². The van der Waals surface area contributed by atoms with Crippen LogP contribution in [0.15, 0.2) is 23.7 Å². The van der Waals surface area contributed by atoms with E-state index in [0.717, 1.165) is 0 Å². The van der Waals surface area contributed by atoms with Crippen molar-refractivity contribution >= 4 is 5.97 Å². The van der Waals surface area contributed by atoms with Crippen LogP contribution in [0.4, 0.5) is 0 Å². The Hall–Kier alpha value is -1.33. The molecule has 0 amide bonds. The molecule has 1 aliphatic heterocycles. The normalized spacial score (nSPS) is 16.8. The van der Waals surface area contributed by atoms with Crippen molar-refractivity contribution in [2.75, 3.05) is 13.2 Å². The Bertz CT molecular complexity index is 279. The van der Waals surface area contributed by atoms with Crippen molar-refractivity contribution in [1.82, 2.24) is 0 Å². The summed E-state index contributed by atoms with van der Waals surface area (Å²) in [4.78, 5) is 11.1. The molecule has 0 spiro atoms. The van der Waals surface area contributed by atoms with E-state index in [1.165, 1.54) is 0 Å². The molecule has 1 heterocycles. The predicted molar refractivity (Wildman–Crippen MR) is 47.0 cm³/mol. The molecule has 1 unspecified atom stereocenters. The van der Waals surface area contributed by atoms with Crippen LogP contribution in [0.2, 0.25) is 0 Å². The fourth-order valence-corrected chi connectivity index (χ4v) is 0.778. The molecule has 0 saturated heterocycles. The summed E-state index contributed by atoms with van der Waals surface area (Å²) in [7, 11) is 0. The van der Waals surface area contributed by atoms with Gasteiger partial charge in [-0.05, 0) is 13.0 Å². The number of ether oxygens (including phenoxy) is 2. The van der Waals surface area contributed by atoms with Gasteiger partial charge in [0.05, 0.1) is 6.61 Å². The Morgan fingerprint density at radius 3 is 3.00 bits per heavy atom. The van der Waals surface area contributed by atoms with Crippen LogP contribution in [0.5, 0.6) is 0 Å². The first-order chi connectivity index (χ1) is 6.69. The zero-order chi connectivity index (χ0) is 10.6. The van der Waals surface area contributed by atoms with Crippen LogP contribution in [0.3, 0.4) is 0 Å². The Morgan fingerprint density at radius 1 is 1.71 bits per heavy atom. The molecule has 1 atom stereocenters. The van der Waals surface area contributed by atoms with E-state index in [1.807, 2.05) is 0 Å². The van der Waals surface area contributed by atoms with Crippen LogP contribution in [-0.4, -0.2) is 35.5 Å². The first-order valence-corrected chi connectivity index (χ1v) is 4.20. The van der Waals surface area contributed by atoms with Crippen molar-refractivity contribution in [3.63, 3.8) is 0 Å². The summed E-state index contributed by atoms with van der Waals surface area (Å²) in [6.45, 7) is 1.13. The van der Waals surface area contributed by atoms with Gasteiger partial charge in [0.25, 0.3) is 5.76 Å². The average molecular weight is 200 g/mol. The topological polar surface area (TPSA) is 79.3 Å². The van der Waals surface area contributed by atoms with E-state index >= 15 is 0 Å². The second-order valence-electron chi connectivity index (χ2n) is 2.73. The number of esters is 1. The van der Waals surface area contributed by atoms with Crippen molar-refractivity contribution in [3.05, 3.63) is 23.7 Å². The fraction of sp³-hybridized carbons (Fsp3) is 0.444. The highest BCUT2D eigenvalue weighted by molar-refractivity contribution is 5.91. The van der Waals surface area contributed by atoms with Crippen LogP contribution < -0.4 is 0 Å². The van der Waals surface area contributed by atoms with Gasteiger partial charge in [0.15, 0.2) is 5.76 Å². The zero-order valence-electron chi connectivity index (χ0n) is 7.77. The third-order valence-corrected chi connectivity index (χ3v) is 1.52. The zero-order valence-corrected chi connectivity index (χ0v) is 7.77. The van der Waals surface area contributed by atoms with Crippen molar-refractivity contribution in [3.8, 4) is 0 Å². The molecule has 1 rings (SSSR count). The van der Waals surface area contributed by atoms with Crippen molar-refractivity contribution in [1.29, 1.82) is 0 Å². The van der Waals surface area contributed by atoms with Gasteiger partial charge in [0.2, 0.25) is 0 Å². The quantitative estimate of drug-likeness (QED) is 0.596. The lowest BCUT2D eigenvalue weighted by Gasteiger charge is -2.05. The maximum absolute atomic E-state index is 11.1. The Labute approximate surface area is 81.3 Å². The highest BCUT2D eigenvalue weighted by atomic mass is 16.6. The highest BCUT2D eigenvalue weighted by Gasteiger charge is 2.31. The molecular formula is C9H12O5. The second kappa shape index (κ2) is 4.78. The van der Waals surface area contributed by atoms with Gasteiger partial charge in [-0.25, -0.2) is 4.79 Å². The highest BCUT2D eigenvalue weighted by Crippen LogP contribution is 2.28. The van der Waals surface area contributed by atoms with Gasteiger partial charge >= 0.3 is 5.97 Å². The first-order valence-electron chi connectivity index (χ1n) is 4.20. The second-order valence-corrected chi connectivity index (χ2v) is 2.73. The number of hydrogen-bond acceptors (Lipinski definition) is 5. The molecule has 0 radical (unpaired) electrons. The fourth-order valence-electron chi connectivity index (χ4n) is 0.778. The van der Waals surface area contributed by atoms with Crippen LogP contribution in [0.1, 0.15) is 6.92 Å². The molecule has 5 heteroatoms. The van der Waals surface area contributed by atoms with Gasteiger partial charge in [-0.3, -0.25) is 0 Å². The molecule has 0 aromatic carbocycles. The lowest BCUT2D eigenvalue weighted by molar-refractivity contribution is -0.143. The van der Waals surface area contributed by atoms with E-state index in [1.54, 1.807) is 19.1 Å². The van der Waals surface area contributed by atoms with Crippen LogP contribution >= 0.6 is 0 Å². The third kappa shape index (κ3) is 2.86. The van der Waals surface area contributed by atoms with E-state index in [4.69, 9.17) is 14.9 Å². The third-order valence-electron chi connectivity index (χ3n) is 1.52. The SMILES string of the molecule is CC=CC1=C(C(=O)OCC(O)CO)O1. The molecule has 0 aromatic rings. The minimum Gasteiger partial charge on any atom is -0.457 e. The molecule has 0 bridgehead atoms. The van der Waals surface area contributed by atoms with Gasteiger partial charge in [0, 0.05) is 0 Å². The molecule has 0 aromatic heterocycles. The minimum absolute atomic E-state index is 0.160. The number of allylic oxidation sites excluding steroid dienone is 2. The van der Waals surface area contributed by atoms with Gasteiger partial charge in [-0.15, -0.1) is 0 Å². The van der Waals surface area contributed by atoms with Gasteiger partial charge in [0.1, 0.15) is 12.7 Å². The molecule has 78 valence electrons. The summed E-state index contributed by atoms with van der Waals surface area (Å²) < 4.78 is 9.44. The molecule has 1 aliphatic rings. The maximum Gasteiger partial charge on any atom is 0.378 e. The summed E-state index contributed by atoms with van der Waals surface area (Å²) in [6.07, 6.45) is 2.33. The summed E-state index contributed by atoms with van der Waals surface area (Å²) in [5, 5.41) is 17.3. The van der Waals surface area contributed by atoms with E-state index in [-0.39, 0.29) is 12.4 Å². The Morgan fingerprint density at radius 2 is 2.43 bits per heavy atom. The monoisotopic (exact) mass is 200 g/mol. The lowest BCUT2D eigenvalue weighted by atomic mass is 10.4. The maximum atomic E-state index is 11.1. The summed E-state index contributed by atoms with van der Waals surface area (Å²) in [5.74, 6) is 0.0230. The Balaban J connectivity index is 2.31. The van der Waals surface area contributed by atoms with E-state index < -0.39 is 18.7 Å². The number of aliphatic hydroxyl groups excluding tert-OH is 2. The summed E-state index contributed by atoms with van der Waals surface area (Å²) in [5.41, 5.74) is 0. The minimum atomic E-state index is -1.04. The van der Waals surface area contributed by atoms with Gasteiger partial charge in [-0.1, -0.05) is 6.08 Å². The van der Waals surface area contributed by atoms with Gasteiger partial charge in [-0.2, -0.15) is 0 Å². The number of hydrogen-bond donors (Lipinski definition) is 2. The summed E-state index contributed by atoms with van der Waals surface area (Å²) >= 11 is 0. The molecule has 14 heavy (non-hydrogen) atoms. The van der Waals surface area contributed by atoms with Crippen molar-refractivity contribution < 1.29 is 24.5 Å². The van der Waals surface area contributed by atoms with E-state index in [2.05, 4.69) is 4.74 Å². The molecule has 2 N–H and O–H groups in total. The Kier molecular flexibility index (Phi) is 3.67. The largest absolute Gasteiger partial charge is 0.457 e. The number of carbonyl (C=O) groups is 1. The standard InChI is InChI=1S/C9H12O5/c1-2-3-7-8(14-7)9(12)13-5-6(11)4-10/h2-3,6,10-11H,4-5H2,1H3. The average Bonchev–Trinajstić information content (AvgIpc) is 2.93. The predicted octanol–water partition coefficient (Wildman–Crippen LogP) is -0.299. The summed E-state index contributed by atoms with van der Waals surface area (Å²) in [6, 6.07) is 0. The first kappa shape index (κ1) is 10.7. The number of rotatable bonds is 5. The molecule has 0 fully saturated rings. The van der Waals surface area contributed by atoms with Crippen molar-refractivity contribution in [2.24, 2.45) is 0 Å².